The summed E-state index contributed by atoms with van der Waals surface area (Å²) in [5, 5.41) is 12.1. The van der Waals surface area contributed by atoms with E-state index in [0.29, 0.717) is 65.7 Å². The summed E-state index contributed by atoms with van der Waals surface area (Å²) >= 11 is 1.32. The molecule has 0 aliphatic carbocycles. The van der Waals surface area contributed by atoms with Crippen molar-refractivity contribution in [2.24, 2.45) is 0 Å². The van der Waals surface area contributed by atoms with Crippen LogP contribution in [0.25, 0.3) is 16.0 Å². The summed E-state index contributed by atoms with van der Waals surface area (Å²) in [7, 11) is 0. The molecule has 4 aromatic carbocycles. The minimum atomic E-state index is -1.01. The number of fused-ring (bicyclic) bond motifs is 2. The van der Waals surface area contributed by atoms with Crippen molar-refractivity contribution in [3.05, 3.63) is 112 Å². The van der Waals surface area contributed by atoms with Crippen molar-refractivity contribution < 1.29 is 33.6 Å². The van der Waals surface area contributed by atoms with Crippen molar-refractivity contribution in [3.63, 3.8) is 0 Å². The van der Waals surface area contributed by atoms with Gasteiger partial charge in [-0.1, -0.05) is 53.8 Å². The number of Topliss-reactive ketones (excluding diaryl/α,β-unsaturated/α-hetero) is 1. The first-order valence-electron chi connectivity index (χ1n) is 15.3. The number of aromatic nitrogens is 1. The summed E-state index contributed by atoms with van der Waals surface area (Å²) in [6, 6.07) is 23.1. The summed E-state index contributed by atoms with van der Waals surface area (Å²) in [6.07, 6.45) is 0. The minimum Gasteiger partial charge on any atom is -0.507 e. The van der Waals surface area contributed by atoms with Gasteiger partial charge in [-0.3, -0.25) is 14.5 Å². The monoisotopic (exact) mass is 648 g/mol. The molecule has 1 saturated heterocycles. The van der Waals surface area contributed by atoms with E-state index in [2.05, 4.69) is 0 Å². The second-order valence-electron chi connectivity index (χ2n) is 11.4. The van der Waals surface area contributed by atoms with E-state index >= 15 is 0 Å². The van der Waals surface area contributed by atoms with Crippen LogP contribution in [-0.4, -0.2) is 41.6 Å². The van der Waals surface area contributed by atoms with Crippen LogP contribution in [-0.2, 0) is 16.2 Å². The van der Waals surface area contributed by atoms with Gasteiger partial charge in [0.2, 0.25) is 0 Å². The van der Waals surface area contributed by atoms with Crippen molar-refractivity contribution in [1.82, 2.24) is 4.98 Å². The van der Waals surface area contributed by atoms with Crippen LogP contribution >= 0.6 is 11.3 Å². The molecule has 9 nitrogen and oxygen atoms in total. The quantitative estimate of drug-likeness (QED) is 0.106. The van der Waals surface area contributed by atoms with E-state index in [1.54, 1.807) is 36.4 Å². The average molecular weight is 649 g/mol. The lowest BCUT2D eigenvalue weighted by atomic mass is 9.95. The number of hydrogen-bond acceptors (Lipinski definition) is 9. The number of benzene rings is 4. The number of ketones is 1. The average Bonchev–Trinajstić information content (AvgIpc) is 3.62. The molecule has 47 heavy (non-hydrogen) atoms. The molecule has 2 aliphatic rings. The summed E-state index contributed by atoms with van der Waals surface area (Å²) in [5.41, 5.74) is 4.57. The molecule has 2 aliphatic heterocycles. The molecule has 1 amide bonds. The molecule has 10 heteroatoms. The summed E-state index contributed by atoms with van der Waals surface area (Å²) in [6.45, 7) is 7.30. The molecule has 7 rings (SSSR count). The molecule has 0 unspecified atom stereocenters. The molecule has 0 spiro atoms. The summed E-state index contributed by atoms with van der Waals surface area (Å²) in [4.78, 5) is 34.0. The zero-order valence-electron chi connectivity index (χ0n) is 26.1. The molecule has 5 aromatic rings. The Morgan fingerprint density at radius 1 is 0.936 bits per heavy atom. The van der Waals surface area contributed by atoms with Crippen LogP contribution in [0.2, 0.25) is 0 Å². The fourth-order valence-electron chi connectivity index (χ4n) is 5.97. The van der Waals surface area contributed by atoms with Gasteiger partial charge >= 0.3 is 5.91 Å². The maximum Gasteiger partial charge on any atom is 0.301 e. The Labute approximate surface area is 275 Å². The Morgan fingerprint density at radius 3 is 2.51 bits per heavy atom. The highest BCUT2D eigenvalue weighted by molar-refractivity contribution is 7.22. The number of aryl methyl sites for hydroxylation is 2. The maximum absolute atomic E-state index is 13.9. The van der Waals surface area contributed by atoms with Gasteiger partial charge in [-0.2, -0.15) is 0 Å². The van der Waals surface area contributed by atoms with Crippen LogP contribution in [0.3, 0.4) is 0 Å². The highest BCUT2D eigenvalue weighted by atomic mass is 32.1. The number of nitrogens with zero attached hydrogens (tertiary/aromatic N) is 2. The largest absolute Gasteiger partial charge is 0.507 e. The van der Waals surface area contributed by atoms with Gasteiger partial charge in [-0.25, -0.2) is 4.98 Å². The Hall–Kier alpha value is -5.35. The third-order valence-electron chi connectivity index (χ3n) is 8.11. The predicted octanol–water partition coefficient (Wildman–Crippen LogP) is 7.29. The first-order valence-corrected chi connectivity index (χ1v) is 16.2. The molecular formula is C37H32N2O7S. The van der Waals surface area contributed by atoms with Gasteiger partial charge in [0, 0.05) is 5.56 Å². The van der Waals surface area contributed by atoms with E-state index in [4.69, 9.17) is 23.9 Å². The lowest BCUT2D eigenvalue weighted by molar-refractivity contribution is -0.132. The molecule has 238 valence electrons. The van der Waals surface area contributed by atoms with Gasteiger partial charge < -0.3 is 24.1 Å². The molecular weight excluding hydrogens is 616 g/mol. The molecule has 1 N–H and O–H groups in total. The summed E-state index contributed by atoms with van der Waals surface area (Å²) < 4.78 is 24.4. The van der Waals surface area contributed by atoms with Crippen molar-refractivity contribution in [1.29, 1.82) is 0 Å². The Bertz CT molecular complexity index is 2050. The zero-order chi connectivity index (χ0) is 32.7. The van der Waals surface area contributed by atoms with E-state index in [-0.39, 0.29) is 11.3 Å². The van der Waals surface area contributed by atoms with Gasteiger partial charge in [0.05, 0.1) is 28.4 Å². The highest BCUT2D eigenvalue weighted by Gasteiger charge is 2.48. The van der Waals surface area contributed by atoms with Crippen LogP contribution in [0.1, 0.15) is 40.8 Å². The fourth-order valence-corrected chi connectivity index (χ4v) is 7.14. The Morgan fingerprint density at radius 2 is 1.72 bits per heavy atom. The predicted molar refractivity (Wildman–Crippen MR) is 180 cm³/mol. The molecule has 1 atom stereocenters. The minimum absolute atomic E-state index is 0.0701. The number of rotatable bonds is 8. The van der Waals surface area contributed by atoms with Crippen molar-refractivity contribution >= 4 is 44.1 Å². The van der Waals surface area contributed by atoms with Crippen molar-refractivity contribution in [2.75, 3.05) is 24.7 Å². The van der Waals surface area contributed by atoms with Gasteiger partial charge in [0.25, 0.3) is 5.78 Å². The number of aliphatic hydroxyl groups excluding tert-OH is 1. The van der Waals surface area contributed by atoms with Gasteiger partial charge in [0.15, 0.2) is 28.1 Å². The number of carbonyl (C=O) groups is 2. The molecule has 0 radical (unpaired) electrons. The van der Waals surface area contributed by atoms with E-state index in [9.17, 15) is 14.7 Å². The number of ether oxygens (including phenoxy) is 4. The van der Waals surface area contributed by atoms with E-state index in [1.807, 2.05) is 63.2 Å². The molecule has 1 fully saturated rings. The topological polar surface area (TPSA) is 107 Å². The molecule has 3 heterocycles. The zero-order valence-corrected chi connectivity index (χ0v) is 26.9. The third-order valence-corrected chi connectivity index (χ3v) is 9.11. The Balaban J connectivity index is 1.37. The van der Waals surface area contributed by atoms with E-state index in [1.165, 1.54) is 16.2 Å². The molecule has 0 bridgehead atoms. The van der Waals surface area contributed by atoms with Gasteiger partial charge in [-0.05, 0) is 79.4 Å². The van der Waals surface area contributed by atoms with Crippen molar-refractivity contribution in [2.45, 2.75) is 33.4 Å². The van der Waals surface area contributed by atoms with Crippen LogP contribution < -0.4 is 23.8 Å². The highest BCUT2D eigenvalue weighted by Crippen LogP contribution is 2.47. The van der Waals surface area contributed by atoms with Crippen LogP contribution in [0, 0.1) is 13.8 Å². The number of amides is 1. The fraction of sp³-hybridized carbons (Fsp3) is 0.216. The second-order valence-corrected chi connectivity index (χ2v) is 12.4. The standard InChI is InChI=1S/C37H32N2O7S/c1-4-43-28-18-24(10-12-27(28)46-20-23-8-6-5-7-9-23)33-31(34(40)25-11-13-26-29(19-25)45-15-14-44-26)35(41)36(42)39(33)37-38-32-22(3)16-21(2)17-30(32)47-37/h5-13,16-19,33,40H,4,14-15,20H2,1-3H3/b34-31+/t33-/m0/s1. The SMILES string of the molecule is CCOc1cc([C@H]2/C(=C(\O)c3ccc4c(c3)OCCO4)C(=O)C(=O)N2c2nc3c(C)cc(C)cc3s2)ccc1OCc1ccccc1. The second kappa shape index (κ2) is 12.4. The van der Waals surface area contributed by atoms with Crippen LogP contribution in [0.4, 0.5) is 5.13 Å². The van der Waals surface area contributed by atoms with Gasteiger partial charge in [0.1, 0.15) is 25.6 Å². The Kier molecular flexibility index (Phi) is 8.03. The van der Waals surface area contributed by atoms with E-state index < -0.39 is 17.7 Å². The molecule has 0 saturated carbocycles. The number of aliphatic hydroxyl groups is 1. The third kappa shape index (κ3) is 5.65. The molecule has 1 aromatic heterocycles. The van der Waals surface area contributed by atoms with Crippen molar-refractivity contribution in [3.8, 4) is 23.0 Å². The lowest BCUT2D eigenvalue weighted by Crippen LogP contribution is -2.29. The lowest BCUT2D eigenvalue weighted by Gasteiger charge is -2.24. The first kappa shape index (κ1) is 30.3. The van der Waals surface area contributed by atoms with Crippen LogP contribution in [0.15, 0.2) is 84.4 Å². The van der Waals surface area contributed by atoms with Crippen LogP contribution in [0.5, 0.6) is 23.0 Å². The maximum atomic E-state index is 13.9. The normalized spacial score (nSPS) is 16.9. The summed E-state index contributed by atoms with van der Waals surface area (Å²) in [5.74, 6) is 0.0000958. The smallest absolute Gasteiger partial charge is 0.301 e. The van der Waals surface area contributed by atoms with Gasteiger partial charge in [-0.15, -0.1) is 0 Å². The number of thiazole rings is 1. The number of carbonyl (C=O) groups excluding carboxylic acids is 2. The first-order chi connectivity index (χ1) is 22.8. The number of anilines is 1. The van der Waals surface area contributed by atoms with E-state index in [0.717, 1.165) is 26.9 Å². The number of hydrogen-bond donors (Lipinski definition) is 1.